The van der Waals surface area contributed by atoms with Crippen LogP contribution in [0.25, 0.3) is 0 Å². The highest BCUT2D eigenvalue weighted by molar-refractivity contribution is 7.88. The van der Waals surface area contributed by atoms with Crippen LogP contribution in [0, 0.1) is 6.92 Å². The summed E-state index contributed by atoms with van der Waals surface area (Å²) in [6.07, 6.45) is 1.17. The monoisotopic (exact) mass is 380 g/mol. The Hall–Kier alpha value is -1.89. The molecular formula is C18H21ClN2O3S. The largest absolute Gasteiger partial charge is 0.351 e. The van der Waals surface area contributed by atoms with Crippen molar-refractivity contribution in [1.29, 1.82) is 0 Å². The fourth-order valence-corrected chi connectivity index (χ4v) is 3.40. The van der Waals surface area contributed by atoms with Crippen LogP contribution in [0.15, 0.2) is 48.5 Å². The van der Waals surface area contributed by atoms with E-state index in [2.05, 4.69) is 5.32 Å². The zero-order valence-electron chi connectivity index (χ0n) is 14.2. The molecule has 2 aromatic carbocycles. The van der Waals surface area contributed by atoms with E-state index in [4.69, 9.17) is 11.6 Å². The molecule has 0 unspecified atom stereocenters. The predicted octanol–water partition coefficient (Wildman–Crippen LogP) is 2.84. The van der Waals surface area contributed by atoms with Gasteiger partial charge in [-0.1, -0.05) is 47.5 Å². The summed E-state index contributed by atoms with van der Waals surface area (Å²) in [7, 11) is -3.38. The van der Waals surface area contributed by atoms with Gasteiger partial charge in [-0.3, -0.25) is 4.79 Å². The van der Waals surface area contributed by atoms with Gasteiger partial charge in [0.05, 0.1) is 6.26 Å². The number of nitrogens with one attached hydrogen (secondary N) is 1. The predicted molar refractivity (Wildman–Crippen MR) is 100 cm³/mol. The first-order valence-electron chi connectivity index (χ1n) is 7.80. The average Bonchev–Trinajstić information content (AvgIpc) is 2.53. The molecular weight excluding hydrogens is 360 g/mol. The molecule has 0 spiro atoms. The Morgan fingerprint density at radius 3 is 2.52 bits per heavy atom. The highest BCUT2D eigenvalue weighted by Crippen LogP contribution is 2.11. The number of sulfonamides is 1. The number of carbonyl (C=O) groups is 1. The zero-order valence-corrected chi connectivity index (χ0v) is 15.8. The Balaban J connectivity index is 1.98. The summed E-state index contributed by atoms with van der Waals surface area (Å²) in [6, 6.07) is 14.3. The van der Waals surface area contributed by atoms with E-state index in [-0.39, 0.29) is 25.5 Å². The molecule has 0 atom stereocenters. The number of hydrogen-bond donors (Lipinski definition) is 1. The average molecular weight is 381 g/mol. The summed E-state index contributed by atoms with van der Waals surface area (Å²) in [5.41, 5.74) is 2.42. The van der Waals surface area contributed by atoms with Crippen molar-refractivity contribution in [1.82, 2.24) is 9.62 Å². The molecule has 7 heteroatoms. The minimum absolute atomic E-state index is 0.194. The third kappa shape index (κ3) is 6.16. The molecule has 5 nitrogen and oxygen atoms in total. The van der Waals surface area contributed by atoms with E-state index in [1.807, 2.05) is 31.2 Å². The van der Waals surface area contributed by atoms with E-state index >= 15 is 0 Å². The normalized spacial score (nSPS) is 11.5. The molecule has 1 amide bonds. The van der Waals surface area contributed by atoms with Crippen molar-refractivity contribution in [2.45, 2.75) is 13.5 Å². The third-order valence-corrected chi connectivity index (χ3v) is 5.13. The summed E-state index contributed by atoms with van der Waals surface area (Å²) in [5, 5.41) is 3.20. The number of aryl methyl sites for hydroxylation is 1. The first kappa shape index (κ1) is 19.4. The Morgan fingerprint density at radius 1 is 1.16 bits per heavy atom. The molecule has 0 aliphatic rings. The van der Waals surface area contributed by atoms with E-state index in [0.29, 0.717) is 10.6 Å². The smallest absolute Gasteiger partial charge is 0.251 e. The number of halogens is 1. The molecule has 0 heterocycles. The van der Waals surface area contributed by atoms with Crippen LogP contribution in [0.2, 0.25) is 5.02 Å². The molecule has 134 valence electrons. The highest BCUT2D eigenvalue weighted by atomic mass is 35.5. The lowest BCUT2D eigenvalue weighted by Crippen LogP contribution is -2.37. The minimum atomic E-state index is -3.38. The Kier molecular flexibility index (Phi) is 6.58. The van der Waals surface area contributed by atoms with E-state index in [9.17, 15) is 13.2 Å². The third-order valence-electron chi connectivity index (χ3n) is 3.64. The van der Waals surface area contributed by atoms with Crippen LogP contribution in [-0.2, 0) is 16.6 Å². The second-order valence-electron chi connectivity index (χ2n) is 5.85. The number of amides is 1. The summed E-state index contributed by atoms with van der Waals surface area (Å²) in [5.74, 6) is -0.286. The van der Waals surface area contributed by atoms with E-state index < -0.39 is 10.0 Å². The molecule has 0 bridgehead atoms. The summed E-state index contributed by atoms with van der Waals surface area (Å²) in [4.78, 5) is 12.1. The molecule has 25 heavy (non-hydrogen) atoms. The molecule has 0 saturated carbocycles. The van der Waals surface area contributed by atoms with Gasteiger partial charge in [-0.2, -0.15) is 4.31 Å². The Morgan fingerprint density at radius 2 is 1.88 bits per heavy atom. The van der Waals surface area contributed by atoms with E-state index in [1.54, 1.807) is 24.3 Å². The van der Waals surface area contributed by atoms with Crippen molar-refractivity contribution < 1.29 is 13.2 Å². The first-order valence-corrected chi connectivity index (χ1v) is 10.0. The van der Waals surface area contributed by atoms with Crippen molar-refractivity contribution in [2.24, 2.45) is 0 Å². The molecule has 0 aliphatic heterocycles. The van der Waals surface area contributed by atoms with E-state index in [0.717, 1.165) is 11.1 Å². The van der Waals surface area contributed by atoms with Gasteiger partial charge < -0.3 is 5.32 Å². The van der Waals surface area contributed by atoms with Gasteiger partial charge >= 0.3 is 0 Å². The van der Waals surface area contributed by atoms with Gasteiger partial charge in [0.2, 0.25) is 10.0 Å². The second kappa shape index (κ2) is 8.47. The minimum Gasteiger partial charge on any atom is -0.351 e. The van der Waals surface area contributed by atoms with Crippen LogP contribution in [0.3, 0.4) is 0 Å². The Bertz CT molecular complexity index is 853. The highest BCUT2D eigenvalue weighted by Gasteiger charge is 2.17. The molecule has 2 rings (SSSR count). The van der Waals surface area contributed by atoms with Crippen molar-refractivity contribution in [2.75, 3.05) is 19.3 Å². The molecule has 1 N–H and O–H groups in total. The molecule has 0 saturated heterocycles. The van der Waals surface area contributed by atoms with Gasteiger partial charge in [0.15, 0.2) is 0 Å². The summed E-state index contributed by atoms with van der Waals surface area (Å²) < 4.78 is 25.4. The topological polar surface area (TPSA) is 66.5 Å². The molecule has 0 radical (unpaired) electrons. The van der Waals surface area contributed by atoms with Gasteiger partial charge in [-0.25, -0.2) is 8.42 Å². The first-order chi connectivity index (χ1) is 11.8. The van der Waals surface area contributed by atoms with Crippen LogP contribution in [0.4, 0.5) is 0 Å². The van der Waals surface area contributed by atoms with Crippen molar-refractivity contribution >= 4 is 27.5 Å². The number of benzene rings is 2. The van der Waals surface area contributed by atoms with Crippen LogP contribution in [0.5, 0.6) is 0 Å². The lowest BCUT2D eigenvalue weighted by Gasteiger charge is -2.20. The lowest BCUT2D eigenvalue weighted by molar-refractivity contribution is 0.0951. The quantitative estimate of drug-likeness (QED) is 0.803. The Labute approximate surface area is 153 Å². The van der Waals surface area contributed by atoms with E-state index in [1.165, 1.54) is 10.6 Å². The number of rotatable bonds is 7. The van der Waals surface area contributed by atoms with Crippen LogP contribution >= 0.6 is 11.6 Å². The molecule has 0 fully saturated rings. The maximum Gasteiger partial charge on any atom is 0.251 e. The molecule has 0 aliphatic carbocycles. The number of nitrogens with zero attached hydrogens (tertiary/aromatic N) is 1. The molecule has 2 aromatic rings. The fourth-order valence-electron chi connectivity index (χ4n) is 2.40. The standard InChI is InChI=1S/C18H21ClN2O3S/c1-14-5-3-6-15(11-14)13-21(25(2,23)24)10-9-20-18(22)16-7-4-8-17(19)12-16/h3-8,11-12H,9-10,13H2,1-2H3,(H,20,22). The van der Waals surface area contributed by atoms with Crippen LogP contribution in [0.1, 0.15) is 21.5 Å². The second-order valence-corrected chi connectivity index (χ2v) is 8.27. The zero-order chi connectivity index (χ0) is 18.4. The van der Waals surface area contributed by atoms with Gasteiger partial charge in [-0.15, -0.1) is 0 Å². The van der Waals surface area contributed by atoms with Crippen LogP contribution in [-0.4, -0.2) is 38.0 Å². The maximum atomic E-state index is 12.1. The van der Waals surface area contributed by atoms with Crippen molar-refractivity contribution in [3.05, 3.63) is 70.2 Å². The maximum absolute atomic E-state index is 12.1. The summed E-state index contributed by atoms with van der Waals surface area (Å²) in [6.45, 7) is 2.64. The van der Waals surface area contributed by atoms with Gasteiger partial charge in [0.1, 0.15) is 0 Å². The number of hydrogen-bond acceptors (Lipinski definition) is 3. The van der Waals surface area contributed by atoms with Gasteiger partial charge in [0, 0.05) is 30.2 Å². The van der Waals surface area contributed by atoms with Crippen LogP contribution < -0.4 is 5.32 Å². The van der Waals surface area contributed by atoms with Gasteiger partial charge in [0.25, 0.3) is 5.91 Å². The summed E-state index contributed by atoms with van der Waals surface area (Å²) >= 11 is 5.87. The fraction of sp³-hybridized carbons (Fsp3) is 0.278. The number of carbonyl (C=O) groups excluding carboxylic acids is 1. The van der Waals surface area contributed by atoms with Crippen molar-refractivity contribution in [3.63, 3.8) is 0 Å². The SMILES string of the molecule is Cc1cccc(CN(CCNC(=O)c2cccc(Cl)c2)S(C)(=O)=O)c1. The van der Waals surface area contributed by atoms with Gasteiger partial charge in [-0.05, 0) is 30.7 Å². The van der Waals surface area contributed by atoms with Crippen molar-refractivity contribution in [3.8, 4) is 0 Å². The lowest BCUT2D eigenvalue weighted by atomic mass is 10.1. The molecule has 0 aromatic heterocycles.